The number of oxazole rings is 1. The number of nitrogens with zero attached hydrogens (tertiary/aromatic N) is 4. The quantitative estimate of drug-likeness (QED) is 0.303. The van der Waals surface area contributed by atoms with Gasteiger partial charge in [0.15, 0.2) is 11.0 Å². The summed E-state index contributed by atoms with van der Waals surface area (Å²) in [7, 11) is 0. The minimum Gasteiger partial charge on any atom is -0.444 e. The van der Waals surface area contributed by atoms with Gasteiger partial charge >= 0.3 is 0 Å². The number of benzene rings is 2. The fourth-order valence-electron chi connectivity index (χ4n) is 2.99. The van der Waals surface area contributed by atoms with Crippen LogP contribution in [-0.2, 0) is 5.75 Å². The lowest BCUT2D eigenvalue weighted by Gasteiger charge is -2.10. The van der Waals surface area contributed by atoms with Crippen molar-refractivity contribution in [1.82, 2.24) is 19.7 Å². The first kappa shape index (κ1) is 18.8. The Bertz CT molecular complexity index is 1250. The van der Waals surface area contributed by atoms with E-state index in [0.717, 1.165) is 21.8 Å². The monoisotopic (exact) mass is 434 g/mol. The zero-order valence-electron chi connectivity index (χ0n) is 15.6. The van der Waals surface area contributed by atoms with Crippen LogP contribution in [0.3, 0.4) is 0 Å². The second-order valence-corrected chi connectivity index (χ2v) is 8.28. The Morgan fingerprint density at radius 2 is 1.80 bits per heavy atom. The van der Waals surface area contributed by atoms with Crippen LogP contribution in [0.2, 0.25) is 0 Å². The van der Waals surface area contributed by atoms with Gasteiger partial charge in [-0.05, 0) is 35.7 Å². The maximum absolute atomic E-state index is 13.5. The van der Waals surface area contributed by atoms with Gasteiger partial charge in [-0.25, -0.2) is 9.37 Å². The average molecular weight is 435 g/mol. The summed E-state index contributed by atoms with van der Waals surface area (Å²) in [5, 5.41) is 11.5. The first-order valence-corrected chi connectivity index (χ1v) is 11.0. The molecule has 0 unspecified atom stereocenters. The van der Waals surface area contributed by atoms with E-state index in [-0.39, 0.29) is 5.82 Å². The molecule has 5 rings (SSSR count). The highest BCUT2D eigenvalue weighted by Gasteiger charge is 2.17. The van der Waals surface area contributed by atoms with Gasteiger partial charge in [-0.2, -0.15) is 0 Å². The second-order valence-electron chi connectivity index (χ2n) is 6.39. The van der Waals surface area contributed by atoms with Crippen molar-refractivity contribution in [2.24, 2.45) is 0 Å². The molecule has 0 bridgehead atoms. The third-order valence-corrected chi connectivity index (χ3v) is 6.20. The van der Waals surface area contributed by atoms with E-state index >= 15 is 0 Å². The maximum Gasteiger partial charge on any atom is 0.236 e. The van der Waals surface area contributed by atoms with E-state index < -0.39 is 0 Å². The van der Waals surface area contributed by atoms with E-state index in [1.54, 1.807) is 29.7 Å². The number of halogens is 1. The fourth-order valence-corrected chi connectivity index (χ4v) is 4.47. The van der Waals surface area contributed by atoms with Crippen molar-refractivity contribution >= 4 is 23.1 Å². The molecule has 148 valence electrons. The van der Waals surface area contributed by atoms with Gasteiger partial charge in [0.2, 0.25) is 5.89 Å². The summed E-state index contributed by atoms with van der Waals surface area (Å²) < 4.78 is 21.0. The summed E-state index contributed by atoms with van der Waals surface area (Å²) in [6.07, 6.45) is 1.67. The molecule has 0 saturated carbocycles. The molecule has 0 fully saturated rings. The molecule has 5 nitrogen and oxygen atoms in total. The van der Waals surface area contributed by atoms with E-state index in [9.17, 15) is 4.39 Å². The van der Waals surface area contributed by atoms with Crippen LogP contribution >= 0.6 is 23.1 Å². The van der Waals surface area contributed by atoms with Gasteiger partial charge in [-0.15, -0.1) is 21.5 Å². The van der Waals surface area contributed by atoms with E-state index in [1.807, 2.05) is 52.4 Å². The normalized spacial score (nSPS) is 11.1. The predicted octanol–water partition coefficient (Wildman–Crippen LogP) is 6.08. The molecule has 3 aromatic heterocycles. The van der Waals surface area contributed by atoms with Crippen molar-refractivity contribution < 1.29 is 8.81 Å². The Hall–Kier alpha value is -3.23. The van der Waals surface area contributed by atoms with Crippen molar-refractivity contribution in [2.45, 2.75) is 10.9 Å². The number of aromatic nitrogens is 4. The fraction of sp³-hybridized carbons (Fsp3) is 0.0455. The van der Waals surface area contributed by atoms with Crippen molar-refractivity contribution in [3.63, 3.8) is 0 Å². The number of thioether (sulfide) groups is 1. The van der Waals surface area contributed by atoms with Crippen LogP contribution < -0.4 is 0 Å². The van der Waals surface area contributed by atoms with Crippen LogP contribution in [0, 0.1) is 5.82 Å². The SMILES string of the molecule is Fc1ccc(-n2c(SCc3coc(-c4cccs4)n3)nnc2-c2ccccc2)cc1. The zero-order valence-corrected chi connectivity index (χ0v) is 17.2. The van der Waals surface area contributed by atoms with Crippen molar-refractivity contribution in [3.05, 3.63) is 89.9 Å². The molecule has 0 N–H and O–H groups in total. The van der Waals surface area contributed by atoms with Crippen molar-refractivity contribution in [2.75, 3.05) is 0 Å². The first-order chi connectivity index (χ1) is 14.8. The summed E-state index contributed by atoms with van der Waals surface area (Å²) in [5.41, 5.74) is 2.54. The van der Waals surface area contributed by atoms with Crippen LogP contribution in [0.25, 0.3) is 27.8 Å². The van der Waals surface area contributed by atoms with Gasteiger partial charge < -0.3 is 4.42 Å². The molecule has 0 radical (unpaired) electrons. The lowest BCUT2D eigenvalue weighted by atomic mass is 10.2. The highest BCUT2D eigenvalue weighted by atomic mass is 32.2. The lowest BCUT2D eigenvalue weighted by molar-refractivity contribution is 0.575. The maximum atomic E-state index is 13.5. The molecule has 3 heterocycles. The molecule has 0 aliphatic heterocycles. The molecule has 2 aromatic carbocycles. The lowest BCUT2D eigenvalue weighted by Crippen LogP contribution is -2.00. The summed E-state index contributed by atoms with van der Waals surface area (Å²) in [6, 6.07) is 20.1. The summed E-state index contributed by atoms with van der Waals surface area (Å²) in [4.78, 5) is 5.56. The zero-order chi connectivity index (χ0) is 20.3. The molecule has 0 amide bonds. The molecule has 0 spiro atoms. The van der Waals surface area contributed by atoms with Gasteiger partial charge in [0.25, 0.3) is 0 Å². The Labute approximate surface area is 180 Å². The van der Waals surface area contributed by atoms with Gasteiger partial charge in [-0.3, -0.25) is 4.57 Å². The minimum absolute atomic E-state index is 0.286. The average Bonchev–Trinajstić information content (AvgIpc) is 3.53. The Kier molecular flexibility index (Phi) is 5.17. The van der Waals surface area contributed by atoms with E-state index in [1.165, 1.54) is 23.9 Å². The second kappa shape index (κ2) is 8.25. The van der Waals surface area contributed by atoms with Gasteiger partial charge in [0.05, 0.1) is 10.6 Å². The largest absolute Gasteiger partial charge is 0.444 e. The summed E-state index contributed by atoms with van der Waals surface area (Å²) >= 11 is 3.09. The summed E-state index contributed by atoms with van der Waals surface area (Å²) in [5.74, 6) is 1.60. The highest BCUT2D eigenvalue weighted by molar-refractivity contribution is 7.98. The Balaban J connectivity index is 1.46. The van der Waals surface area contributed by atoms with Crippen LogP contribution in [0.4, 0.5) is 4.39 Å². The molecular formula is C22H15FN4OS2. The number of thiophene rings is 1. The third kappa shape index (κ3) is 3.79. The predicted molar refractivity (Wildman–Crippen MR) is 116 cm³/mol. The number of rotatable bonds is 6. The van der Waals surface area contributed by atoms with Crippen LogP contribution in [-0.4, -0.2) is 19.7 Å². The summed E-state index contributed by atoms with van der Waals surface area (Å²) in [6.45, 7) is 0. The van der Waals surface area contributed by atoms with Gasteiger partial charge in [-0.1, -0.05) is 48.2 Å². The minimum atomic E-state index is -0.286. The molecule has 8 heteroatoms. The molecule has 30 heavy (non-hydrogen) atoms. The smallest absolute Gasteiger partial charge is 0.236 e. The van der Waals surface area contributed by atoms with Gasteiger partial charge in [0, 0.05) is 17.0 Å². The first-order valence-electron chi connectivity index (χ1n) is 9.16. The molecule has 5 aromatic rings. The van der Waals surface area contributed by atoms with E-state index in [0.29, 0.717) is 22.6 Å². The number of hydrogen-bond acceptors (Lipinski definition) is 6. The van der Waals surface area contributed by atoms with Crippen molar-refractivity contribution in [3.8, 4) is 27.8 Å². The topological polar surface area (TPSA) is 56.7 Å². The molecule has 0 aliphatic carbocycles. The van der Waals surface area contributed by atoms with Gasteiger partial charge in [0.1, 0.15) is 12.1 Å². The highest BCUT2D eigenvalue weighted by Crippen LogP contribution is 2.31. The van der Waals surface area contributed by atoms with Crippen LogP contribution in [0.15, 0.2) is 87.9 Å². The molecule has 0 atom stereocenters. The van der Waals surface area contributed by atoms with Crippen LogP contribution in [0.1, 0.15) is 5.69 Å². The Morgan fingerprint density at radius 3 is 2.57 bits per heavy atom. The third-order valence-electron chi connectivity index (χ3n) is 4.38. The molecule has 0 aliphatic rings. The Morgan fingerprint density at radius 1 is 0.967 bits per heavy atom. The van der Waals surface area contributed by atoms with E-state index in [4.69, 9.17) is 4.42 Å². The molecule has 0 saturated heterocycles. The van der Waals surface area contributed by atoms with E-state index in [2.05, 4.69) is 15.2 Å². The van der Waals surface area contributed by atoms with Crippen molar-refractivity contribution in [1.29, 1.82) is 0 Å². The van der Waals surface area contributed by atoms with Crippen LogP contribution in [0.5, 0.6) is 0 Å². The number of hydrogen-bond donors (Lipinski definition) is 0. The standard InChI is InChI=1S/C22H15FN4OS2/c23-16-8-10-18(11-9-16)27-20(15-5-2-1-3-6-15)25-26-22(27)30-14-17-13-28-21(24-17)19-7-4-12-29-19/h1-13H,14H2. The molecular weight excluding hydrogens is 419 g/mol.